The van der Waals surface area contributed by atoms with E-state index in [2.05, 4.69) is 0 Å². The highest BCUT2D eigenvalue weighted by Crippen LogP contribution is 1.98. The van der Waals surface area contributed by atoms with Gasteiger partial charge in [0.05, 0.1) is 6.67 Å². The molecule has 1 amide bonds. The second kappa shape index (κ2) is 8.72. The molecule has 0 aliphatic heterocycles. The molecule has 3 N–H and O–H groups in total. The van der Waals surface area contributed by atoms with Crippen molar-refractivity contribution in [2.24, 2.45) is 5.73 Å². The number of aliphatic hydroxyl groups excluding tert-OH is 1. The Balaban J connectivity index is 3.73. The van der Waals surface area contributed by atoms with Gasteiger partial charge in [0.1, 0.15) is 0 Å². The molecule has 0 spiro atoms. The molecule has 0 saturated heterocycles. The first-order chi connectivity index (χ1) is 6.76. The molecular weight excluding hydrogens is 180 g/mol. The summed E-state index contributed by atoms with van der Waals surface area (Å²) in [5, 5.41) is 8.57. The summed E-state index contributed by atoms with van der Waals surface area (Å²) in [5.41, 5.74) is 5.44. The fraction of sp³-hybridized carbons (Fsp3) is 0.700. The maximum Gasteiger partial charge on any atom is 0.247 e. The number of rotatable bonds is 7. The van der Waals surface area contributed by atoms with E-state index >= 15 is 0 Å². The third-order valence-corrected chi connectivity index (χ3v) is 1.93. The summed E-state index contributed by atoms with van der Waals surface area (Å²) < 4.78 is 0. The highest BCUT2D eigenvalue weighted by molar-refractivity contribution is 5.87. The van der Waals surface area contributed by atoms with Crippen molar-refractivity contribution in [1.82, 2.24) is 4.90 Å². The normalized spacial score (nSPS) is 10.8. The molecule has 0 aliphatic carbocycles. The fourth-order valence-corrected chi connectivity index (χ4v) is 1.13. The first kappa shape index (κ1) is 13.1. The van der Waals surface area contributed by atoms with E-state index in [0.29, 0.717) is 6.54 Å². The van der Waals surface area contributed by atoms with Gasteiger partial charge in [0.15, 0.2) is 0 Å². The molecule has 0 bridgehead atoms. The van der Waals surface area contributed by atoms with Gasteiger partial charge in [0, 0.05) is 13.2 Å². The van der Waals surface area contributed by atoms with E-state index in [1.165, 1.54) is 6.08 Å². The van der Waals surface area contributed by atoms with Gasteiger partial charge < -0.3 is 15.7 Å². The van der Waals surface area contributed by atoms with Gasteiger partial charge in [-0.1, -0.05) is 6.08 Å². The van der Waals surface area contributed by atoms with E-state index in [9.17, 15) is 4.79 Å². The van der Waals surface area contributed by atoms with E-state index in [1.54, 1.807) is 17.9 Å². The number of unbranched alkanes of at least 4 members (excludes halogenated alkanes) is 2. The van der Waals surface area contributed by atoms with Crippen LogP contribution in [-0.2, 0) is 4.79 Å². The summed E-state index contributed by atoms with van der Waals surface area (Å²) in [5.74, 6) is -0.0426. The lowest BCUT2D eigenvalue weighted by Crippen LogP contribution is -2.35. The fourth-order valence-electron chi connectivity index (χ4n) is 1.13. The van der Waals surface area contributed by atoms with Crippen LogP contribution in [0.25, 0.3) is 0 Å². The minimum Gasteiger partial charge on any atom is -0.396 e. The van der Waals surface area contributed by atoms with Crippen molar-refractivity contribution in [3.05, 3.63) is 12.2 Å². The third-order valence-electron chi connectivity index (χ3n) is 1.93. The average molecular weight is 200 g/mol. The van der Waals surface area contributed by atoms with Crippen molar-refractivity contribution in [1.29, 1.82) is 0 Å². The van der Waals surface area contributed by atoms with Crippen molar-refractivity contribution in [2.75, 3.05) is 19.8 Å². The number of hydrogen-bond donors (Lipinski definition) is 2. The predicted octanol–water partition coefficient (Wildman–Crippen LogP) is 0.470. The number of carbonyl (C=O) groups excluding carboxylic acids is 1. The van der Waals surface area contributed by atoms with Gasteiger partial charge >= 0.3 is 0 Å². The Morgan fingerprint density at radius 3 is 2.64 bits per heavy atom. The lowest BCUT2D eigenvalue weighted by Gasteiger charge is -2.18. The van der Waals surface area contributed by atoms with Crippen molar-refractivity contribution >= 4 is 5.91 Å². The monoisotopic (exact) mass is 200 g/mol. The molecule has 0 unspecified atom stereocenters. The molecule has 0 rings (SSSR count). The van der Waals surface area contributed by atoms with Gasteiger partial charge in [-0.2, -0.15) is 0 Å². The van der Waals surface area contributed by atoms with E-state index in [0.717, 1.165) is 19.3 Å². The molecule has 0 saturated carbocycles. The molecular formula is C10H20N2O2. The molecule has 0 heterocycles. The zero-order valence-corrected chi connectivity index (χ0v) is 8.78. The SMILES string of the molecule is C/C=C/C(=O)N(CN)CCCCCO. The number of allylic oxidation sites excluding steroid dienone is 1. The molecule has 82 valence electrons. The van der Waals surface area contributed by atoms with Crippen LogP contribution in [-0.4, -0.2) is 35.7 Å². The zero-order chi connectivity index (χ0) is 10.8. The molecule has 4 nitrogen and oxygen atoms in total. The van der Waals surface area contributed by atoms with Crippen LogP contribution < -0.4 is 5.73 Å². The summed E-state index contributed by atoms with van der Waals surface area (Å²) in [7, 11) is 0. The van der Waals surface area contributed by atoms with Crippen LogP contribution in [0.1, 0.15) is 26.2 Å². The highest BCUT2D eigenvalue weighted by atomic mass is 16.2. The van der Waals surface area contributed by atoms with Gasteiger partial charge in [-0.3, -0.25) is 4.79 Å². The molecule has 0 aromatic heterocycles. The number of amides is 1. The number of hydrogen-bond acceptors (Lipinski definition) is 3. The zero-order valence-electron chi connectivity index (χ0n) is 8.78. The van der Waals surface area contributed by atoms with E-state index in [1.807, 2.05) is 0 Å². The summed E-state index contributed by atoms with van der Waals surface area (Å²) in [6, 6.07) is 0. The van der Waals surface area contributed by atoms with Crippen LogP contribution >= 0.6 is 0 Å². The van der Waals surface area contributed by atoms with E-state index in [4.69, 9.17) is 10.8 Å². The van der Waals surface area contributed by atoms with Crippen LogP contribution in [0, 0.1) is 0 Å². The second-order valence-electron chi connectivity index (χ2n) is 3.07. The van der Waals surface area contributed by atoms with Gasteiger partial charge in [0.2, 0.25) is 5.91 Å². The summed E-state index contributed by atoms with van der Waals surface area (Å²) in [6.45, 7) is 2.94. The number of nitrogens with zero attached hydrogens (tertiary/aromatic N) is 1. The molecule has 0 aromatic carbocycles. The molecule has 14 heavy (non-hydrogen) atoms. The third kappa shape index (κ3) is 5.72. The molecule has 0 aliphatic rings. The Bertz CT molecular complexity index is 181. The quantitative estimate of drug-likeness (QED) is 0.356. The minimum absolute atomic E-state index is 0.0426. The largest absolute Gasteiger partial charge is 0.396 e. The lowest BCUT2D eigenvalue weighted by molar-refractivity contribution is -0.126. The first-order valence-corrected chi connectivity index (χ1v) is 4.98. The van der Waals surface area contributed by atoms with Gasteiger partial charge in [-0.25, -0.2) is 0 Å². The minimum atomic E-state index is -0.0426. The standard InChI is InChI=1S/C10H20N2O2/c1-2-6-10(14)12(9-11)7-4-3-5-8-13/h2,6,13H,3-5,7-9,11H2,1H3/b6-2+. The maximum atomic E-state index is 11.3. The molecule has 0 atom stereocenters. The van der Waals surface area contributed by atoms with Crippen molar-refractivity contribution in [3.8, 4) is 0 Å². The number of nitrogens with two attached hydrogens (primary N) is 1. The lowest BCUT2D eigenvalue weighted by atomic mass is 10.2. The van der Waals surface area contributed by atoms with Crippen LogP contribution in [0.4, 0.5) is 0 Å². The molecule has 0 fully saturated rings. The highest BCUT2D eigenvalue weighted by Gasteiger charge is 2.06. The topological polar surface area (TPSA) is 66.6 Å². The molecule has 0 radical (unpaired) electrons. The predicted molar refractivity (Wildman–Crippen MR) is 56.5 cm³/mol. The number of aliphatic hydroxyl groups is 1. The Labute approximate surface area is 85.4 Å². The smallest absolute Gasteiger partial charge is 0.247 e. The Morgan fingerprint density at radius 1 is 1.43 bits per heavy atom. The van der Waals surface area contributed by atoms with Crippen LogP contribution in [0.2, 0.25) is 0 Å². The summed E-state index contributed by atoms with van der Waals surface area (Å²) in [6.07, 6.45) is 5.82. The Hall–Kier alpha value is -0.870. The van der Waals surface area contributed by atoms with Crippen molar-refractivity contribution in [2.45, 2.75) is 26.2 Å². The van der Waals surface area contributed by atoms with Gasteiger partial charge in [0.25, 0.3) is 0 Å². The van der Waals surface area contributed by atoms with Crippen molar-refractivity contribution < 1.29 is 9.90 Å². The maximum absolute atomic E-state index is 11.3. The average Bonchev–Trinajstić information content (AvgIpc) is 2.18. The van der Waals surface area contributed by atoms with Crippen molar-refractivity contribution in [3.63, 3.8) is 0 Å². The Kier molecular flexibility index (Phi) is 8.17. The number of carbonyl (C=O) groups is 1. The molecule has 0 aromatic rings. The summed E-state index contributed by atoms with van der Waals surface area (Å²) >= 11 is 0. The van der Waals surface area contributed by atoms with Gasteiger partial charge in [-0.05, 0) is 32.3 Å². The van der Waals surface area contributed by atoms with E-state index < -0.39 is 0 Å². The van der Waals surface area contributed by atoms with Gasteiger partial charge in [-0.15, -0.1) is 0 Å². The molecule has 4 heteroatoms. The van der Waals surface area contributed by atoms with Crippen LogP contribution in [0.5, 0.6) is 0 Å². The Morgan fingerprint density at radius 2 is 2.14 bits per heavy atom. The summed E-state index contributed by atoms with van der Waals surface area (Å²) in [4.78, 5) is 12.9. The van der Waals surface area contributed by atoms with Crippen LogP contribution in [0.15, 0.2) is 12.2 Å². The van der Waals surface area contributed by atoms with E-state index in [-0.39, 0.29) is 19.2 Å². The second-order valence-corrected chi connectivity index (χ2v) is 3.07. The first-order valence-electron chi connectivity index (χ1n) is 4.98. The van der Waals surface area contributed by atoms with Crippen LogP contribution in [0.3, 0.4) is 0 Å².